The molecule has 0 N–H and O–H groups in total. The lowest BCUT2D eigenvalue weighted by molar-refractivity contribution is 0.611. The summed E-state index contributed by atoms with van der Waals surface area (Å²) in [5, 5.41) is 0.477. The van der Waals surface area contributed by atoms with Crippen molar-refractivity contribution in [2.24, 2.45) is 0 Å². The molecule has 1 aromatic heterocycles. The first-order valence-corrected chi connectivity index (χ1v) is 5.55. The second kappa shape index (κ2) is 3.69. The second-order valence-electron chi connectivity index (χ2n) is 2.70. The maximum Gasteiger partial charge on any atom is 0.146 e. The van der Waals surface area contributed by atoms with Gasteiger partial charge in [0.15, 0.2) is 0 Å². The van der Waals surface area contributed by atoms with Crippen LogP contribution in [0.2, 0.25) is 0 Å². The van der Waals surface area contributed by atoms with Gasteiger partial charge in [-0.3, -0.25) is 4.98 Å². The van der Waals surface area contributed by atoms with E-state index in [1.807, 2.05) is 22.6 Å². The Morgan fingerprint density at radius 3 is 2.71 bits per heavy atom. The minimum absolute atomic E-state index is 0.117. The Morgan fingerprint density at radius 1 is 1.29 bits per heavy atom. The highest BCUT2D eigenvalue weighted by atomic mass is 127. The van der Waals surface area contributed by atoms with Crippen molar-refractivity contribution >= 4 is 49.3 Å². The lowest BCUT2D eigenvalue weighted by Gasteiger charge is -2.04. The molecule has 2 rings (SSSR count). The normalized spacial score (nSPS) is 10.9. The molecule has 0 spiro atoms. The Balaban J connectivity index is 3.02. The van der Waals surface area contributed by atoms with Crippen LogP contribution in [0.1, 0.15) is 0 Å². The summed E-state index contributed by atoms with van der Waals surface area (Å²) in [7, 11) is 0. The van der Waals surface area contributed by atoms with E-state index in [1.54, 1.807) is 0 Å². The second-order valence-corrected chi connectivity index (χ2v) is 4.71. The predicted molar refractivity (Wildman–Crippen MR) is 62.1 cm³/mol. The molecule has 1 nitrogen and oxygen atoms in total. The minimum atomic E-state index is -0.479. The van der Waals surface area contributed by atoms with Crippen LogP contribution in [0.25, 0.3) is 10.8 Å². The highest BCUT2D eigenvalue weighted by Crippen LogP contribution is 2.29. The van der Waals surface area contributed by atoms with Crippen LogP contribution in [-0.4, -0.2) is 4.98 Å². The number of nitrogens with zero attached hydrogens (tertiary/aromatic N) is 1. The van der Waals surface area contributed by atoms with Gasteiger partial charge in [0.1, 0.15) is 11.6 Å². The molecule has 0 aliphatic heterocycles. The summed E-state index contributed by atoms with van der Waals surface area (Å²) in [6.07, 6.45) is 2.82. The Labute approximate surface area is 101 Å². The van der Waals surface area contributed by atoms with Crippen LogP contribution in [0.15, 0.2) is 22.9 Å². The molecule has 1 heterocycles. The van der Waals surface area contributed by atoms with Gasteiger partial charge in [-0.15, -0.1) is 0 Å². The van der Waals surface area contributed by atoms with E-state index in [1.165, 1.54) is 12.4 Å². The summed E-state index contributed by atoms with van der Waals surface area (Å²) in [6.45, 7) is 0. The van der Waals surface area contributed by atoms with E-state index in [9.17, 15) is 8.78 Å². The molecule has 0 fully saturated rings. The molecule has 0 saturated carbocycles. The molecule has 1 aromatic carbocycles. The number of halogens is 4. The summed E-state index contributed by atoms with van der Waals surface area (Å²) in [4.78, 5) is 3.82. The van der Waals surface area contributed by atoms with E-state index in [0.717, 1.165) is 6.07 Å². The quantitative estimate of drug-likeness (QED) is 0.507. The van der Waals surface area contributed by atoms with Crippen molar-refractivity contribution in [3.63, 3.8) is 0 Å². The summed E-state index contributed by atoms with van der Waals surface area (Å²) >= 11 is 4.87. The molecule has 5 heteroatoms. The number of rotatable bonds is 0. The number of aromatic nitrogens is 1. The van der Waals surface area contributed by atoms with Gasteiger partial charge in [-0.2, -0.15) is 0 Å². The summed E-state index contributed by atoms with van der Waals surface area (Å²) in [5.41, 5.74) is 0. The standard InChI is InChI=1S/C9H3BrF2IN/c10-5-1-6(11)8-4(9(5)12)2-14-3-7(8)13/h1-3H. The molecule has 0 amide bonds. The van der Waals surface area contributed by atoms with Crippen LogP contribution >= 0.6 is 38.5 Å². The molecule has 14 heavy (non-hydrogen) atoms. The fourth-order valence-electron chi connectivity index (χ4n) is 1.22. The van der Waals surface area contributed by atoms with E-state index in [2.05, 4.69) is 20.9 Å². The molecule has 0 bridgehead atoms. The Kier molecular flexibility index (Phi) is 2.70. The predicted octanol–water partition coefficient (Wildman–Crippen LogP) is 3.88. The van der Waals surface area contributed by atoms with Gasteiger partial charge < -0.3 is 0 Å². The van der Waals surface area contributed by atoms with Crippen LogP contribution in [0.3, 0.4) is 0 Å². The molecule has 0 saturated heterocycles. The van der Waals surface area contributed by atoms with Crippen molar-refractivity contribution in [1.82, 2.24) is 4.98 Å². The Morgan fingerprint density at radius 2 is 2.00 bits per heavy atom. The SMILES string of the molecule is Fc1c(Br)cc(F)c2c(I)cncc12. The van der Waals surface area contributed by atoms with Crippen molar-refractivity contribution in [1.29, 1.82) is 0 Å². The van der Waals surface area contributed by atoms with Crippen molar-refractivity contribution in [3.05, 3.63) is 38.1 Å². The van der Waals surface area contributed by atoms with Crippen LogP contribution < -0.4 is 0 Å². The molecule has 0 unspecified atom stereocenters. The summed E-state index contributed by atoms with van der Waals surface area (Å²) in [6, 6.07) is 1.12. The molecule has 0 radical (unpaired) electrons. The molecule has 0 atom stereocenters. The first kappa shape index (κ1) is 10.2. The molecular formula is C9H3BrF2IN. The molecule has 0 aliphatic carbocycles. The zero-order valence-corrected chi connectivity index (χ0v) is 10.4. The fourth-order valence-corrected chi connectivity index (χ4v) is 2.34. The molecular weight excluding hydrogens is 367 g/mol. The van der Waals surface area contributed by atoms with Crippen LogP contribution in [0.5, 0.6) is 0 Å². The first-order valence-electron chi connectivity index (χ1n) is 3.68. The zero-order chi connectivity index (χ0) is 10.3. The van der Waals surface area contributed by atoms with E-state index in [-0.39, 0.29) is 15.2 Å². The van der Waals surface area contributed by atoms with E-state index < -0.39 is 11.6 Å². The monoisotopic (exact) mass is 369 g/mol. The lowest BCUT2D eigenvalue weighted by Crippen LogP contribution is -1.90. The number of benzene rings is 1. The van der Waals surface area contributed by atoms with Gasteiger partial charge in [0.2, 0.25) is 0 Å². The minimum Gasteiger partial charge on any atom is -0.263 e. The van der Waals surface area contributed by atoms with Crippen LogP contribution in [0.4, 0.5) is 8.78 Å². The van der Waals surface area contributed by atoms with Crippen molar-refractivity contribution < 1.29 is 8.78 Å². The van der Waals surface area contributed by atoms with Gasteiger partial charge in [0.05, 0.1) is 4.47 Å². The van der Waals surface area contributed by atoms with Gasteiger partial charge >= 0.3 is 0 Å². The molecule has 0 aliphatic rings. The third-order valence-electron chi connectivity index (χ3n) is 1.84. The fraction of sp³-hybridized carbons (Fsp3) is 0. The van der Waals surface area contributed by atoms with E-state index >= 15 is 0 Å². The smallest absolute Gasteiger partial charge is 0.146 e. The maximum absolute atomic E-state index is 13.5. The highest BCUT2D eigenvalue weighted by Gasteiger charge is 2.12. The highest BCUT2D eigenvalue weighted by molar-refractivity contribution is 14.1. The van der Waals surface area contributed by atoms with Gasteiger partial charge in [-0.25, -0.2) is 8.78 Å². The maximum atomic E-state index is 13.5. The average Bonchev–Trinajstić information content (AvgIpc) is 2.14. The Hall–Kier alpha value is -0.300. The number of fused-ring (bicyclic) bond motifs is 1. The summed E-state index contributed by atoms with van der Waals surface area (Å²) < 4.78 is 27.7. The number of pyridine rings is 1. The van der Waals surface area contributed by atoms with Crippen molar-refractivity contribution in [3.8, 4) is 0 Å². The average molecular weight is 370 g/mol. The van der Waals surface area contributed by atoms with Crippen LogP contribution in [0, 0.1) is 15.2 Å². The van der Waals surface area contributed by atoms with E-state index in [4.69, 9.17) is 0 Å². The third kappa shape index (κ3) is 1.52. The van der Waals surface area contributed by atoms with Gasteiger partial charge in [0, 0.05) is 26.7 Å². The van der Waals surface area contributed by atoms with Crippen LogP contribution in [-0.2, 0) is 0 Å². The van der Waals surface area contributed by atoms with Gasteiger partial charge in [0.25, 0.3) is 0 Å². The summed E-state index contributed by atoms with van der Waals surface area (Å²) in [5.74, 6) is -0.924. The molecule has 2 aromatic rings. The van der Waals surface area contributed by atoms with Gasteiger partial charge in [-0.05, 0) is 44.6 Å². The Bertz CT molecular complexity index is 516. The number of hydrogen-bond acceptors (Lipinski definition) is 1. The van der Waals surface area contributed by atoms with Crippen molar-refractivity contribution in [2.75, 3.05) is 0 Å². The number of hydrogen-bond donors (Lipinski definition) is 0. The first-order chi connectivity index (χ1) is 6.61. The van der Waals surface area contributed by atoms with E-state index in [0.29, 0.717) is 3.57 Å². The lowest BCUT2D eigenvalue weighted by atomic mass is 10.1. The van der Waals surface area contributed by atoms with Crippen molar-refractivity contribution in [2.45, 2.75) is 0 Å². The largest absolute Gasteiger partial charge is 0.263 e. The van der Waals surface area contributed by atoms with Gasteiger partial charge in [-0.1, -0.05) is 0 Å². The zero-order valence-electron chi connectivity index (χ0n) is 6.69. The molecule has 72 valence electrons. The topological polar surface area (TPSA) is 12.9 Å². The third-order valence-corrected chi connectivity index (χ3v) is 3.23.